The number of carbonyl (C=O) groups is 1. The molecule has 3 N–H and O–H groups in total. The van der Waals surface area contributed by atoms with E-state index in [2.05, 4.69) is 49.1 Å². The van der Waals surface area contributed by atoms with Crippen molar-refractivity contribution in [2.75, 3.05) is 18.4 Å². The highest BCUT2D eigenvalue weighted by atomic mass is 79.9. The molecule has 2 aromatic rings. The summed E-state index contributed by atoms with van der Waals surface area (Å²) in [5, 5.41) is 23.2. The van der Waals surface area contributed by atoms with Crippen molar-refractivity contribution in [3.63, 3.8) is 0 Å². The van der Waals surface area contributed by atoms with Crippen LogP contribution in [-0.4, -0.2) is 33.7 Å². The van der Waals surface area contributed by atoms with Gasteiger partial charge in [-0.25, -0.2) is 9.78 Å². The van der Waals surface area contributed by atoms with Gasteiger partial charge in [0.25, 0.3) is 0 Å². The van der Waals surface area contributed by atoms with Crippen LogP contribution in [0, 0.1) is 11.3 Å². The Hall–Kier alpha value is -3.09. The van der Waals surface area contributed by atoms with Crippen LogP contribution in [0.25, 0.3) is 5.65 Å². The molecule has 4 rings (SSSR count). The summed E-state index contributed by atoms with van der Waals surface area (Å²) >= 11 is 9.98. The van der Waals surface area contributed by atoms with Gasteiger partial charge in [0.1, 0.15) is 5.82 Å². The molecule has 8 nitrogen and oxygen atoms in total. The normalized spacial score (nSPS) is 17.4. The van der Waals surface area contributed by atoms with Gasteiger partial charge < -0.3 is 16.0 Å². The summed E-state index contributed by atoms with van der Waals surface area (Å²) in [6.45, 7) is 1.29. The first-order valence-electron chi connectivity index (χ1n) is 11.2. The number of carbonyl (C=O) groups excluding carboxylic acids is 1. The molecule has 1 unspecified atom stereocenters. The first-order valence-corrected chi connectivity index (χ1v) is 12.4. The summed E-state index contributed by atoms with van der Waals surface area (Å²) in [6.07, 6.45) is 15.1. The molecule has 0 radical (unpaired) electrons. The zero-order chi connectivity index (χ0) is 23.9. The van der Waals surface area contributed by atoms with Crippen molar-refractivity contribution in [3.05, 3.63) is 69.1 Å². The van der Waals surface area contributed by atoms with Gasteiger partial charge in [-0.1, -0.05) is 23.8 Å². The van der Waals surface area contributed by atoms with Crippen LogP contribution in [0.1, 0.15) is 43.7 Å². The van der Waals surface area contributed by atoms with Crippen molar-refractivity contribution >= 4 is 45.0 Å². The fourth-order valence-electron chi connectivity index (χ4n) is 3.82. The molecule has 2 heterocycles. The summed E-state index contributed by atoms with van der Waals surface area (Å²) in [5.41, 5.74) is 3.19. The van der Waals surface area contributed by atoms with Crippen molar-refractivity contribution < 1.29 is 4.79 Å². The number of urea groups is 1. The third-order valence-corrected chi connectivity index (χ3v) is 6.61. The average molecular weight is 543 g/mol. The second-order valence-corrected chi connectivity index (χ2v) is 9.36. The minimum absolute atomic E-state index is 0.0305. The highest BCUT2D eigenvalue weighted by Gasteiger charge is 2.20. The van der Waals surface area contributed by atoms with Gasteiger partial charge >= 0.3 is 6.03 Å². The van der Waals surface area contributed by atoms with Gasteiger partial charge in [-0.2, -0.15) is 14.9 Å². The number of hydrogen-bond acceptors (Lipinski definition) is 5. The van der Waals surface area contributed by atoms with E-state index in [0.29, 0.717) is 19.4 Å². The maximum absolute atomic E-state index is 12.1. The van der Waals surface area contributed by atoms with Gasteiger partial charge in [-0.15, -0.1) is 0 Å². The molecule has 0 aliphatic heterocycles. The largest absolute Gasteiger partial charge is 0.370 e. The van der Waals surface area contributed by atoms with Gasteiger partial charge in [0.05, 0.1) is 22.4 Å². The molecule has 2 amide bonds. The Balaban J connectivity index is 1.27. The molecule has 34 heavy (non-hydrogen) atoms. The van der Waals surface area contributed by atoms with Crippen molar-refractivity contribution in [1.82, 2.24) is 25.2 Å². The number of nitriles is 1. The number of anilines is 1. The van der Waals surface area contributed by atoms with Crippen LogP contribution in [0.5, 0.6) is 0 Å². The minimum atomic E-state index is -0.221. The zero-order valence-corrected chi connectivity index (χ0v) is 20.9. The Morgan fingerprint density at radius 1 is 1.26 bits per heavy atom. The predicted octanol–water partition coefficient (Wildman–Crippen LogP) is 5.28. The molecule has 1 atom stereocenters. The molecule has 10 heteroatoms. The summed E-state index contributed by atoms with van der Waals surface area (Å²) in [4.78, 5) is 16.9. The van der Waals surface area contributed by atoms with Crippen molar-refractivity contribution in [2.45, 2.75) is 38.0 Å². The number of halogens is 2. The maximum Gasteiger partial charge on any atom is 0.318 e. The molecule has 0 spiro atoms. The number of unbranched alkanes of at least 4 members (excludes halogenated alkanes) is 1. The van der Waals surface area contributed by atoms with Crippen LogP contribution in [0.15, 0.2) is 63.4 Å². The molecular weight excluding hydrogens is 518 g/mol. The van der Waals surface area contributed by atoms with E-state index in [-0.39, 0.29) is 11.9 Å². The summed E-state index contributed by atoms with van der Waals surface area (Å²) in [5.74, 6) is 0.882. The lowest BCUT2D eigenvalue weighted by Gasteiger charge is -2.18. The van der Waals surface area contributed by atoms with E-state index in [4.69, 9.17) is 21.8 Å². The summed E-state index contributed by atoms with van der Waals surface area (Å²) in [6, 6.07) is 3.92. The van der Waals surface area contributed by atoms with Crippen LogP contribution in [-0.2, 0) is 0 Å². The smallest absolute Gasteiger partial charge is 0.318 e. The first kappa shape index (κ1) is 24.0. The highest BCUT2D eigenvalue weighted by Crippen LogP contribution is 2.34. The molecule has 0 bridgehead atoms. The highest BCUT2D eigenvalue weighted by molar-refractivity contribution is 9.10. The number of hydrogen-bond donors (Lipinski definition) is 3. The van der Waals surface area contributed by atoms with Crippen molar-refractivity contribution in [1.29, 1.82) is 5.26 Å². The Labute approximate surface area is 211 Å². The molecule has 2 aromatic heterocycles. The van der Waals surface area contributed by atoms with Crippen LogP contribution >= 0.6 is 27.5 Å². The topological polar surface area (TPSA) is 107 Å². The molecule has 2 aliphatic rings. The second kappa shape index (κ2) is 11.4. The van der Waals surface area contributed by atoms with Gasteiger partial charge in [0, 0.05) is 41.4 Å². The quantitative estimate of drug-likeness (QED) is 0.394. The van der Waals surface area contributed by atoms with Gasteiger partial charge in [0.15, 0.2) is 5.65 Å². The molecular formula is C24H25BrClN7O. The number of fused-ring (bicyclic) bond motifs is 1. The van der Waals surface area contributed by atoms with Crippen molar-refractivity contribution in [3.8, 4) is 6.07 Å². The van der Waals surface area contributed by atoms with E-state index in [0.717, 1.165) is 63.7 Å². The van der Waals surface area contributed by atoms with Crippen LogP contribution in [0.3, 0.4) is 0 Å². The maximum atomic E-state index is 12.1. The molecule has 2 aliphatic carbocycles. The fraction of sp³-hybridized carbons (Fsp3) is 0.333. The van der Waals surface area contributed by atoms with E-state index in [1.54, 1.807) is 22.9 Å². The van der Waals surface area contributed by atoms with E-state index >= 15 is 0 Å². The molecule has 0 aromatic carbocycles. The molecule has 0 fully saturated rings. The van der Waals surface area contributed by atoms with Crippen LogP contribution < -0.4 is 16.0 Å². The summed E-state index contributed by atoms with van der Waals surface area (Å²) in [7, 11) is 0. The van der Waals surface area contributed by atoms with Crippen LogP contribution in [0.2, 0.25) is 0 Å². The Morgan fingerprint density at radius 3 is 2.88 bits per heavy atom. The lowest BCUT2D eigenvalue weighted by atomic mass is 9.96. The molecule has 0 saturated carbocycles. The van der Waals surface area contributed by atoms with E-state index in [1.165, 1.54) is 0 Å². The summed E-state index contributed by atoms with van der Waals surface area (Å²) < 4.78 is 2.60. The number of nitrogens with zero attached hydrogens (tertiary/aromatic N) is 4. The van der Waals surface area contributed by atoms with Crippen molar-refractivity contribution in [2.24, 2.45) is 0 Å². The average Bonchev–Trinajstić information content (AvgIpc) is 3.22. The van der Waals surface area contributed by atoms with Crippen LogP contribution in [0.4, 0.5) is 10.6 Å². The third-order valence-electron chi connectivity index (χ3n) is 5.66. The molecule has 176 valence electrons. The predicted molar refractivity (Wildman–Crippen MR) is 136 cm³/mol. The SMILES string of the molecule is N#CC1=CC=C(NC(=O)NCCCCNc2cc(C3CC=CC=C3Cl)nc3c(Br)cnn23)CC1. The number of amides is 2. The lowest BCUT2D eigenvalue weighted by Crippen LogP contribution is -2.35. The third kappa shape index (κ3) is 5.88. The number of rotatable bonds is 8. The Kier molecular flexibility index (Phi) is 8.03. The van der Waals surface area contributed by atoms with Gasteiger partial charge in [-0.3, -0.25) is 0 Å². The number of nitrogens with one attached hydrogen (secondary N) is 3. The second-order valence-electron chi connectivity index (χ2n) is 8.07. The molecule has 0 saturated heterocycles. The Morgan fingerprint density at radius 2 is 2.12 bits per heavy atom. The Bertz CT molecular complexity index is 1240. The van der Waals surface area contributed by atoms with E-state index in [1.807, 2.05) is 18.2 Å². The van der Waals surface area contributed by atoms with Gasteiger partial charge in [-0.05, 0) is 66.3 Å². The monoisotopic (exact) mass is 541 g/mol. The van der Waals surface area contributed by atoms with E-state index < -0.39 is 0 Å². The standard InChI is InChI=1S/C24H25BrClN7O/c25-19-15-30-33-22(13-21(32-23(19)33)18-5-1-2-6-20(18)26)28-11-3-4-12-29-24(34)31-17-9-7-16(14-27)8-10-17/h1-2,6-7,9,13,15,18,28H,3-5,8,10-12H2,(H2,29,31,34). The van der Waals surface area contributed by atoms with E-state index in [9.17, 15) is 4.79 Å². The fourth-order valence-corrected chi connectivity index (χ4v) is 4.44. The zero-order valence-electron chi connectivity index (χ0n) is 18.5. The minimum Gasteiger partial charge on any atom is -0.370 e. The first-order chi connectivity index (χ1) is 16.5. The number of allylic oxidation sites excluding steroid dienone is 8. The number of aromatic nitrogens is 3. The van der Waals surface area contributed by atoms with Gasteiger partial charge in [0.2, 0.25) is 0 Å². The lowest BCUT2D eigenvalue weighted by molar-refractivity contribution is 0.243.